The number of imidazole rings is 1. The van der Waals surface area contributed by atoms with Crippen molar-refractivity contribution < 1.29 is 94.1 Å². The molecular weight excluding hydrogens is 857 g/mol. The average molecular weight is 889 g/mol. The number of nitrogens with two attached hydrogens (primary N) is 1. The van der Waals surface area contributed by atoms with Gasteiger partial charge in [-0.2, -0.15) is 8.62 Å². The highest BCUT2D eigenvalue weighted by atomic mass is 31.3. The van der Waals surface area contributed by atoms with Crippen molar-refractivity contribution in [1.29, 1.82) is 0 Å². The normalized spacial score (nSPS) is 29.9. The quantitative estimate of drug-likeness (QED) is 0.0713. The van der Waals surface area contributed by atoms with Gasteiger partial charge >= 0.3 is 44.3 Å². The molecule has 0 radical (unpaired) electrons. The molecule has 0 amide bonds. The summed E-state index contributed by atoms with van der Waals surface area (Å²) >= 11 is 0. The third-order valence-corrected chi connectivity index (χ3v) is 16.5. The number of phosphoric acid groups is 3. The molecule has 2 saturated heterocycles. The van der Waals surface area contributed by atoms with Crippen LogP contribution in [-0.4, -0.2) is 118 Å². The predicted octanol–water partition coefficient (Wildman–Crippen LogP) is -1.75. The minimum atomic E-state index is -6.30. The van der Waals surface area contributed by atoms with Gasteiger partial charge in [0.15, 0.2) is 23.6 Å². The van der Waals surface area contributed by atoms with Crippen molar-refractivity contribution in [3.8, 4) is 0 Å². The number of nitrogens with one attached hydrogen (secondary N) is 1. The van der Waals surface area contributed by atoms with Crippen LogP contribution < -0.4 is 17.0 Å². The minimum Gasteiger partial charge on any atom is -0.390 e. The number of nitrogen functional groups attached to an aromatic ring is 1. The van der Waals surface area contributed by atoms with E-state index in [2.05, 4.69) is 36.9 Å². The van der Waals surface area contributed by atoms with E-state index in [4.69, 9.17) is 15.2 Å². The van der Waals surface area contributed by atoms with Gasteiger partial charge in [-0.05, 0) is 6.92 Å². The number of H-pyrrole nitrogens is 1. The Hall–Kier alpha value is -2.42. The second-order valence-corrected chi connectivity index (χ2v) is 20.7. The zero-order chi connectivity index (χ0) is 40.9. The van der Waals surface area contributed by atoms with Gasteiger partial charge in [0.25, 0.3) is 5.56 Å². The number of rotatable bonds is 16. The summed E-state index contributed by atoms with van der Waals surface area (Å²) in [5, 5.41) is 31.2. The number of aromatic amines is 1. The van der Waals surface area contributed by atoms with E-state index in [1.165, 1.54) is 6.92 Å². The van der Waals surface area contributed by atoms with Gasteiger partial charge < -0.3 is 59.5 Å². The minimum absolute atomic E-state index is 0.0317. The first kappa shape index (κ1) is 43.7. The number of aryl methyl sites for hydroxylation is 1. The number of phosphoric ester groups is 1. The molecule has 5 heterocycles. The Balaban J connectivity index is 1.12. The van der Waals surface area contributed by atoms with Crippen molar-refractivity contribution in [3.05, 3.63) is 45.3 Å². The summed E-state index contributed by atoms with van der Waals surface area (Å²) in [5.74, 6) is -2.00. The number of hydrogen-bond donors (Lipinski definition) is 10. The van der Waals surface area contributed by atoms with Crippen LogP contribution in [0.4, 0.5) is 5.82 Å². The fraction of sp³-hybridized carbons (Fsp3) is 0.571. The fourth-order valence-electron chi connectivity index (χ4n) is 5.11. The molecule has 3 aromatic rings. The SMILES string of the molecule is Cc1cn(C2C[C@H](O)[C@@H](COP(=O)(O)CP(=O)(O)OP(=O)(O)OP(=O)(O)OP(=O)(O)OC[C@H]3OC(n4cnc5c(N)ncnc54)[C@H](O)[C@@H]3O)O2)c(=O)[nH]c1=O. The molecule has 34 heteroatoms. The maximum atomic E-state index is 12.5. The largest absolute Gasteiger partial charge is 0.490 e. The first-order chi connectivity index (χ1) is 25.3. The zero-order valence-corrected chi connectivity index (χ0v) is 31.9. The van der Waals surface area contributed by atoms with Crippen LogP contribution in [-0.2, 0) is 54.3 Å². The van der Waals surface area contributed by atoms with E-state index in [0.29, 0.717) is 0 Å². The molecule has 3 aromatic heterocycles. The zero-order valence-electron chi connectivity index (χ0n) is 27.4. The third-order valence-electron chi connectivity index (χ3n) is 7.50. The van der Waals surface area contributed by atoms with E-state index < -0.39 is 112 Å². The molecule has 12 atom stereocenters. The molecule has 7 unspecified atom stereocenters. The molecule has 0 saturated carbocycles. The standard InChI is InChI=1S/C21H32N7O22P5/c1-9-3-27(21(33)26-19(9)32)13-2-10(29)11(46-13)4-44-51(34,35)8-52(36,37)48-54(40,41)50-55(42,43)49-53(38,39)45-5-12-15(30)16(31)20(47-12)28-7-25-14-17(22)23-6-24-18(14)28/h3,6-7,10-13,15-16,20,29-31H,2,4-5,8H2,1H3,(H,34,35)(H,36,37)(H,38,39)(H,40,41)(H,42,43)(H2,22,23,24)(H,26,32,33)/t10-,11+,12+,13?,15+,16+,20?/m0/s1. The second-order valence-electron chi connectivity index (χ2n) is 11.7. The van der Waals surface area contributed by atoms with Gasteiger partial charge in [-0.1, -0.05) is 0 Å². The number of aromatic nitrogens is 6. The van der Waals surface area contributed by atoms with Crippen LogP contribution >= 0.6 is 38.7 Å². The van der Waals surface area contributed by atoms with E-state index in [9.17, 15) is 72.2 Å². The lowest BCUT2D eigenvalue weighted by molar-refractivity contribution is -0.0503. The molecule has 0 spiro atoms. The van der Waals surface area contributed by atoms with Gasteiger partial charge in [-0.25, -0.2) is 37.8 Å². The highest BCUT2D eigenvalue weighted by Gasteiger charge is 2.49. The van der Waals surface area contributed by atoms with Crippen LogP contribution in [0.1, 0.15) is 24.4 Å². The second kappa shape index (κ2) is 16.1. The van der Waals surface area contributed by atoms with Crippen molar-refractivity contribution in [2.75, 3.05) is 24.9 Å². The molecule has 29 nitrogen and oxygen atoms in total. The van der Waals surface area contributed by atoms with Crippen molar-refractivity contribution in [2.45, 2.75) is 56.3 Å². The molecule has 11 N–H and O–H groups in total. The molecule has 2 fully saturated rings. The van der Waals surface area contributed by atoms with Crippen LogP contribution in [0.5, 0.6) is 0 Å². The first-order valence-corrected chi connectivity index (χ1v) is 22.9. The number of anilines is 1. The highest BCUT2D eigenvalue weighted by Crippen LogP contribution is 2.73. The average Bonchev–Trinajstić information content (AvgIpc) is 3.70. The molecule has 2 aliphatic heterocycles. The smallest absolute Gasteiger partial charge is 0.390 e. The van der Waals surface area contributed by atoms with Crippen LogP contribution in [0.3, 0.4) is 0 Å². The maximum absolute atomic E-state index is 12.5. The molecule has 308 valence electrons. The number of fused-ring (bicyclic) bond motifs is 1. The molecule has 55 heavy (non-hydrogen) atoms. The summed E-state index contributed by atoms with van der Waals surface area (Å²) in [5.41, 5.74) is 4.40. The van der Waals surface area contributed by atoms with Gasteiger partial charge in [0, 0.05) is 18.2 Å². The van der Waals surface area contributed by atoms with E-state index in [1.54, 1.807) is 0 Å². The van der Waals surface area contributed by atoms with Crippen LogP contribution in [0.15, 0.2) is 28.4 Å². The van der Waals surface area contributed by atoms with Crippen LogP contribution in [0.2, 0.25) is 0 Å². The lowest BCUT2D eigenvalue weighted by Gasteiger charge is -2.22. The number of nitrogens with zero attached hydrogens (tertiary/aromatic N) is 5. The van der Waals surface area contributed by atoms with Gasteiger partial charge in [0.1, 0.15) is 42.5 Å². The van der Waals surface area contributed by atoms with Crippen molar-refractivity contribution >= 4 is 55.6 Å². The number of aliphatic hydroxyl groups excluding tert-OH is 3. The number of aliphatic hydroxyl groups is 3. The molecule has 0 bridgehead atoms. The Kier molecular flexibility index (Phi) is 12.8. The highest BCUT2D eigenvalue weighted by molar-refractivity contribution is 7.75. The van der Waals surface area contributed by atoms with Gasteiger partial charge in [-0.3, -0.25) is 32.6 Å². The Bertz CT molecular complexity index is 2280. The van der Waals surface area contributed by atoms with Crippen molar-refractivity contribution in [2.24, 2.45) is 0 Å². The monoisotopic (exact) mass is 889 g/mol. The fourth-order valence-corrected chi connectivity index (χ4v) is 13.0. The van der Waals surface area contributed by atoms with E-state index in [-0.39, 0.29) is 29.0 Å². The van der Waals surface area contributed by atoms with Gasteiger partial charge in [0.05, 0.1) is 25.6 Å². The van der Waals surface area contributed by atoms with Crippen LogP contribution in [0, 0.1) is 6.92 Å². The summed E-state index contributed by atoms with van der Waals surface area (Å²) in [7, 11) is -29.5. The molecule has 0 aromatic carbocycles. The summed E-state index contributed by atoms with van der Waals surface area (Å²) in [6.07, 6.45) is -7.62. The van der Waals surface area contributed by atoms with Crippen molar-refractivity contribution in [1.82, 2.24) is 29.1 Å². The van der Waals surface area contributed by atoms with Gasteiger partial charge in [-0.15, -0.1) is 0 Å². The third kappa shape index (κ3) is 10.8. The Morgan fingerprint density at radius 2 is 1.47 bits per heavy atom. The van der Waals surface area contributed by atoms with Crippen molar-refractivity contribution in [3.63, 3.8) is 0 Å². The van der Waals surface area contributed by atoms with Gasteiger partial charge in [0.2, 0.25) is 0 Å². The Labute approximate surface area is 305 Å². The molecule has 5 rings (SSSR count). The van der Waals surface area contributed by atoms with E-state index in [1.807, 2.05) is 4.98 Å². The lowest BCUT2D eigenvalue weighted by atomic mass is 10.1. The maximum Gasteiger partial charge on any atom is 0.490 e. The van der Waals surface area contributed by atoms with E-state index >= 15 is 0 Å². The number of hydrogen-bond acceptors (Lipinski definition) is 21. The first-order valence-electron chi connectivity index (χ1n) is 14.9. The summed E-state index contributed by atoms with van der Waals surface area (Å²) in [6.45, 7) is -0.733. The topological polar surface area (TPSA) is 436 Å². The molecular formula is C21H32N7O22P5. The predicted molar refractivity (Wildman–Crippen MR) is 175 cm³/mol. The Morgan fingerprint density at radius 3 is 2.16 bits per heavy atom. The summed E-state index contributed by atoms with van der Waals surface area (Å²) in [6, 6.07) is 0. The van der Waals surface area contributed by atoms with E-state index in [0.717, 1.165) is 28.0 Å². The molecule has 0 aliphatic carbocycles. The summed E-state index contributed by atoms with van der Waals surface area (Å²) < 4.78 is 95.6. The van der Waals surface area contributed by atoms with Crippen LogP contribution in [0.25, 0.3) is 11.2 Å². The summed E-state index contributed by atoms with van der Waals surface area (Å²) in [4.78, 5) is 87.1. The molecule has 2 aliphatic rings. The lowest BCUT2D eigenvalue weighted by Crippen LogP contribution is -2.33. The Morgan fingerprint density at radius 1 is 0.836 bits per heavy atom. The number of ether oxygens (including phenoxy) is 2.